The molecule has 3 aromatic rings. The van der Waals surface area contributed by atoms with Crippen LogP contribution in [0.2, 0.25) is 0 Å². The van der Waals surface area contributed by atoms with Crippen molar-refractivity contribution in [1.29, 1.82) is 0 Å². The van der Waals surface area contributed by atoms with Crippen LogP contribution < -0.4 is 5.56 Å². The molecule has 0 amide bonds. The Labute approximate surface area is 184 Å². The van der Waals surface area contributed by atoms with Crippen LogP contribution >= 0.6 is 0 Å². The second kappa shape index (κ2) is 8.16. The Morgan fingerprint density at radius 2 is 1.91 bits per heavy atom. The molecule has 0 atom stereocenters. The average Bonchev–Trinajstić information content (AvgIpc) is 2.73. The highest BCUT2D eigenvalue weighted by Gasteiger charge is 2.30. The van der Waals surface area contributed by atoms with Crippen LogP contribution in [0.4, 0.5) is 13.2 Å². The van der Waals surface area contributed by atoms with Gasteiger partial charge in [0.2, 0.25) is 0 Å². The van der Waals surface area contributed by atoms with Crippen molar-refractivity contribution in [2.45, 2.75) is 51.9 Å². The van der Waals surface area contributed by atoms with E-state index in [2.05, 4.69) is 19.9 Å². The minimum atomic E-state index is -4.39. The van der Waals surface area contributed by atoms with Crippen molar-refractivity contribution < 1.29 is 13.2 Å². The van der Waals surface area contributed by atoms with Gasteiger partial charge in [0.25, 0.3) is 5.56 Å². The molecule has 0 saturated carbocycles. The van der Waals surface area contributed by atoms with Gasteiger partial charge in [0.1, 0.15) is 5.82 Å². The molecule has 1 aliphatic rings. The molecule has 32 heavy (non-hydrogen) atoms. The van der Waals surface area contributed by atoms with E-state index in [1.807, 2.05) is 26.8 Å². The summed E-state index contributed by atoms with van der Waals surface area (Å²) in [6, 6.07) is 8.75. The van der Waals surface area contributed by atoms with Gasteiger partial charge in [-0.3, -0.25) is 14.7 Å². The van der Waals surface area contributed by atoms with Gasteiger partial charge in [-0.15, -0.1) is 0 Å². The van der Waals surface area contributed by atoms with Gasteiger partial charge in [-0.2, -0.15) is 13.2 Å². The molecule has 1 N–H and O–H groups in total. The topological polar surface area (TPSA) is 61.9 Å². The molecule has 2 aromatic heterocycles. The number of fused-ring (bicyclic) bond motifs is 1. The smallest absolute Gasteiger partial charge is 0.310 e. The van der Waals surface area contributed by atoms with Gasteiger partial charge < -0.3 is 4.98 Å². The van der Waals surface area contributed by atoms with Gasteiger partial charge in [0.05, 0.1) is 22.5 Å². The molecular weight excluding hydrogens is 417 g/mol. The van der Waals surface area contributed by atoms with E-state index in [9.17, 15) is 18.0 Å². The zero-order valence-electron chi connectivity index (χ0n) is 18.3. The predicted octanol–water partition coefficient (Wildman–Crippen LogP) is 4.71. The molecule has 3 heterocycles. The maximum atomic E-state index is 13.0. The standard InChI is InChI=1S/C24H25F3N4O/c1-23(2,3)22-29-20-9-10-31(14-18(20)21(32)30-22)13-15-7-8-19(28-12-15)16-5-4-6-17(11-16)24(25,26)27/h4-8,11-12H,9-10,13-14H2,1-3H3,(H,29,30,32). The first-order valence-electron chi connectivity index (χ1n) is 10.5. The largest absolute Gasteiger partial charge is 0.416 e. The van der Waals surface area contributed by atoms with Gasteiger partial charge >= 0.3 is 6.18 Å². The van der Waals surface area contributed by atoms with Crippen LogP contribution in [0.1, 0.15) is 49.0 Å². The summed E-state index contributed by atoms with van der Waals surface area (Å²) in [7, 11) is 0. The van der Waals surface area contributed by atoms with E-state index in [0.717, 1.165) is 29.9 Å². The van der Waals surface area contributed by atoms with Gasteiger partial charge in [-0.25, -0.2) is 4.98 Å². The predicted molar refractivity (Wildman–Crippen MR) is 116 cm³/mol. The molecule has 0 saturated heterocycles. The second-order valence-corrected chi connectivity index (χ2v) is 9.18. The molecule has 0 unspecified atom stereocenters. The first-order valence-corrected chi connectivity index (χ1v) is 10.5. The second-order valence-electron chi connectivity index (χ2n) is 9.18. The summed E-state index contributed by atoms with van der Waals surface area (Å²) in [5.74, 6) is 0.698. The number of alkyl halides is 3. The Hall–Kier alpha value is -3.00. The van der Waals surface area contributed by atoms with Crippen LogP contribution in [0.25, 0.3) is 11.3 Å². The summed E-state index contributed by atoms with van der Waals surface area (Å²) in [5.41, 5.74) is 2.37. The number of benzene rings is 1. The molecule has 4 rings (SSSR count). The van der Waals surface area contributed by atoms with Crippen LogP contribution in [0.5, 0.6) is 0 Å². The third kappa shape index (κ3) is 4.75. The molecule has 168 valence electrons. The number of hydrogen-bond acceptors (Lipinski definition) is 4. The molecule has 1 aliphatic heterocycles. The Kier molecular flexibility index (Phi) is 5.67. The fourth-order valence-corrected chi connectivity index (χ4v) is 3.77. The number of nitrogens with one attached hydrogen (secondary N) is 1. The zero-order chi connectivity index (χ0) is 23.1. The van der Waals surface area contributed by atoms with Crippen LogP contribution in [0.15, 0.2) is 47.4 Å². The number of rotatable bonds is 3. The lowest BCUT2D eigenvalue weighted by Gasteiger charge is -2.28. The maximum absolute atomic E-state index is 13.0. The summed E-state index contributed by atoms with van der Waals surface area (Å²) in [6.45, 7) is 7.91. The molecule has 0 fully saturated rings. The molecule has 0 radical (unpaired) electrons. The maximum Gasteiger partial charge on any atom is 0.416 e. The Morgan fingerprint density at radius 3 is 2.56 bits per heavy atom. The van der Waals surface area contributed by atoms with E-state index in [0.29, 0.717) is 42.2 Å². The lowest BCUT2D eigenvalue weighted by molar-refractivity contribution is -0.137. The summed E-state index contributed by atoms with van der Waals surface area (Å²) in [4.78, 5) is 26.7. The molecule has 0 spiro atoms. The van der Waals surface area contributed by atoms with E-state index < -0.39 is 11.7 Å². The third-order valence-corrected chi connectivity index (χ3v) is 5.57. The fourth-order valence-electron chi connectivity index (χ4n) is 3.77. The summed E-state index contributed by atoms with van der Waals surface area (Å²) in [6.07, 6.45) is -2.02. The lowest BCUT2D eigenvalue weighted by atomic mass is 9.95. The minimum absolute atomic E-state index is 0.0948. The van der Waals surface area contributed by atoms with Crippen LogP contribution in [0, 0.1) is 0 Å². The van der Waals surface area contributed by atoms with Crippen molar-refractivity contribution in [2.24, 2.45) is 0 Å². The molecule has 8 heteroatoms. The van der Waals surface area contributed by atoms with Crippen molar-refractivity contribution in [3.63, 3.8) is 0 Å². The Morgan fingerprint density at radius 1 is 1.12 bits per heavy atom. The van der Waals surface area contributed by atoms with Gasteiger partial charge in [0, 0.05) is 43.2 Å². The van der Waals surface area contributed by atoms with E-state index in [1.165, 1.54) is 6.07 Å². The van der Waals surface area contributed by atoms with Crippen LogP contribution in [-0.2, 0) is 31.1 Å². The molecule has 0 aliphatic carbocycles. The lowest BCUT2D eigenvalue weighted by Crippen LogP contribution is -2.37. The zero-order valence-corrected chi connectivity index (χ0v) is 18.3. The monoisotopic (exact) mass is 442 g/mol. The average molecular weight is 442 g/mol. The Balaban J connectivity index is 1.48. The van der Waals surface area contributed by atoms with Crippen molar-refractivity contribution >= 4 is 0 Å². The molecule has 5 nitrogen and oxygen atoms in total. The third-order valence-electron chi connectivity index (χ3n) is 5.57. The van der Waals surface area contributed by atoms with E-state index in [4.69, 9.17) is 0 Å². The highest BCUT2D eigenvalue weighted by atomic mass is 19.4. The Bertz CT molecular complexity index is 1180. The summed E-state index contributed by atoms with van der Waals surface area (Å²) >= 11 is 0. The number of aromatic nitrogens is 3. The van der Waals surface area contributed by atoms with Crippen LogP contribution in [-0.4, -0.2) is 26.4 Å². The van der Waals surface area contributed by atoms with Crippen molar-refractivity contribution in [1.82, 2.24) is 19.9 Å². The van der Waals surface area contributed by atoms with Crippen molar-refractivity contribution in [2.75, 3.05) is 6.54 Å². The molecule has 1 aromatic carbocycles. The van der Waals surface area contributed by atoms with Gasteiger partial charge in [-0.05, 0) is 23.8 Å². The highest BCUT2D eigenvalue weighted by molar-refractivity contribution is 5.60. The number of hydrogen-bond donors (Lipinski definition) is 1. The highest BCUT2D eigenvalue weighted by Crippen LogP contribution is 2.31. The fraction of sp³-hybridized carbons (Fsp3) is 0.375. The number of pyridine rings is 1. The number of halogens is 3. The van der Waals surface area contributed by atoms with Crippen molar-refractivity contribution in [3.8, 4) is 11.3 Å². The summed E-state index contributed by atoms with van der Waals surface area (Å²) < 4.78 is 38.9. The number of H-pyrrole nitrogens is 1. The molecule has 0 bridgehead atoms. The summed E-state index contributed by atoms with van der Waals surface area (Å²) in [5, 5.41) is 0. The van der Waals surface area contributed by atoms with E-state index in [-0.39, 0.29) is 11.0 Å². The van der Waals surface area contributed by atoms with Crippen LogP contribution in [0.3, 0.4) is 0 Å². The number of nitrogens with zero attached hydrogens (tertiary/aromatic N) is 3. The van der Waals surface area contributed by atoms with Crippen molar-refractivity contribution in [3.05, 3.63) is 81.2 Å². The minimum Gasteiger partial charge on any atom is -0.310 e. The molecular formula is C24H25F3N4O. The first-order chi connectivity index (χ1) is 15.0. The van der Waals surface area contributed by atoms with E-state index in [1.54, 1.807) is 18.3 Å². The van der Waals surface area contributed by atoms with Gasteiger partial charge in [-0.1, -0.05) is 39.0 Å². The number of aromatic amines is 1. The SMILES string of the molecule is CC(C)(C)c1nc2c(c(=O)[nH]1)CN(Cc1ccc(-c3cccc(C(F)(F)F)c3)nc1)CC2. The van der Waals surface area contributed by atoms with Gasteiger partial charge in [0.15, 0.2) is 0 Å². The van der Waals surface area contributed by atoms with E-state index >= 15 is 0 Å². The quantitative estimate of drug-likeness (QED) is 0.638. The first kappa shape index (κ1) is 22.2. The normalized spacial score (nSPS) is 14.9.